The molecule has 0 N–H and O–H groups in total. The van der Waals surface area contributed by atoms with Gasteiger partial charge in [-0.15, -0.1) is 0 Å². The summed E-state index contributed by atoms with van der Waals surface area (Å²) in [6.07, 6.45) is 0. The van der Waals surface area contributed by atoms with Crippen molar-refractivity contribution in [1.82, 2.24) is 0 Å². The van der Waals surface area contributed by atoms with Crippen LogP contribution in [-0.4, -0.2) is 11.6 Å². The van der Waals surface area contributed by atoms with E-state index in [9.17, 15) is 9.59 Å². The van der Waals surface area contributed by atoms with Crippen molar-refractivity contribution in [2.75, 3.05) is 0 Å². The van der Waals surface area contributed by atoms with Crippen molar-refractivity contribution in [3.63, 3.8) is 0 Å². The van der Waals surface area contributed by atoms with Gasteiger partial charge in [-0.05, 0) is 34.4 Å². The molecule has 0 unspecified atom stereocenters. The Morgan fingerprint density at radius 1 is 0.357 bits per heavy atom. The number of hydrogen-bond donors (Lipinski definition) is 0. The number of rotatable bonds is 2. The molecule has 4 aromatic carbocycles. The van der Waals surface area contributed by atoms with E-state index in [1.165, 1.54) is 0 Å². The first-order valence-electron chi connectivity index (χ1n) is 9.21. The van der Waals surface area contributed by atoms with Crippen molar-refractivity contribution in [2.45, 2.75) is 0 Å². The molecule has 1 aliphatic rings. The molecular weight excluding hydrogens is 344 g/mol. The van der Waals surface area contributed by atoms with Crippen LogP contribution in [0.5, 0.6) is 0 Å². The van der Waals surface area contributed by atoms with Crippen LogP contribution in [0, 0.1) is 0 Å². The van der Waals surface area contributed by atoms with Crippen molar-refractivity contribution in [2.24, 2.45) is 0 Å². The Morgan fingerprint density at radius 3 is 1.46 bits per heavy atom. The van der Waals surface area contributed by atoms with Crippen molar-refractivity contribution < 1.29 is 9.59 Å². The maximum atomic E-state index is 13.0. The molecule has 0 atom stereocenters. The Labute approximate surface area is 163 Å². The molecule has 0 fully saturated rings. The summed E-state index contributed by atoms with van der Waals surface area (Å²) in [7, 11) is 0. The van der Waals surface area contributed by atoms with Gasteiger partial charge in [-0.25, -0.2) is 0 Å². The third kappa shape index (κ3) is 2.50. The van der Waals surface area contributed by atoms with Crippen LogP contribution >= 0.6 is 0 Å². The van der Waals surface area contributed by atoms with Crippen LogP contribution in [0.15, 0.2) is 97.1 Å². The number of ketones is 2. The summed E-state index contributed by atoms with van der Waals surface area (Å²) in [4.78, 5) is 25.9. The van der Waals surface area contributed by atoms with Gasteiger partial charge in [0.2, 0.25) is 0 Å². The Balaban J connectivity index is 1.68. The molecule has 0 aliphatic heterocycles. The highest BCUT2D eigenvalue weighted by Gasteiger charge is 2.29. The molecule has 0 amide bonds. The summed E-state index contributed by atoms with van der Waals surface area (Å²) in [6.45, 7) is 0. The van der Waals surface area contributed by atoms with E-state index >= 15 is 0 Å². The molecule has 0 spiro atoms. The first-order valence-corrected chi connectivity index (χ1v) is 9.21. The molecule has 1 aliphatic carbocycles. The molecule has 5 rings (SSSR count). The van der Waals surface area contributed by atoms with Crippen LogP contribution < -0.4 is 0 Å². The van der Waals surface area contributed by atoms with Crippen molar-refractivity contribution in [3.05, 3.63) is 119 Å². The molecule has 0 aromatic heterocycles. The van der Waals surface area contributed by atoms with Crippen molar-refractivity contribution in [1.29, 1.82) is 0 Å². The van der Waals surface area contributed by atoms with Gasteiger partial charge < -0.3 is 0 Å². The van der Waals surface area contributed by atoms with E-state index in [4.69, 9.17) is 0 Å². The fraction of sp³-hybridized carbons (Fsp3) is 0. The number of fused-ring (bicyclic) bond motifs is 2. The average Bonchev–Trinajstić information content (AvgIpc) is 2.78. The molecule has 0 saturated carbocycles. The zero-order chi connectivity index (χ0) is 19.1. The van der Waals surface area contributed by atoms with Gasteiger partial charge in [0.15, 0.2) is 11.6 Å². The smallest absolute Gasteiger partial charge is 0.194 e. The van der Waals surface area contributed by atoms with E-state index in [1.807, 2.05) is 48.5 Å². The summed E-state index contributed by atoms with van der Waals surface area (Å²) < 4.78 is 0. The number of carbonyl (C=O) groups is 2. The minimum atomic E-state index is -0.0933. The lowest BCUT2D eigenvalue weighted by molar-refractivity contribution is 0.0979. The van der Waals surface area contributed by atoms with Gasteiger partial charge in [0, 0.05) is 22.3 Å². The molecule has 0 heterocycles. The van der Waals surface area contributed by atoms with Crippen LogP contribution in [0.3, 0.4) is 0 Å². The zero-order valence-electron chi connectivity index (χ0n) is 15.1. The van der Waals surface area contributed by atoms with Gasteiger partial charge in [0.05, 0.1) is 0 Å². The second-order valence-corrected chi connectivity index (χ2v) is 6.88. The summed E-state index contributed by atoms with van der Waals surface area (Å²) in [6, 6.07) is 30.9. The van der Waals surface area contributed by atoms with Gasteiger partial charge in [0.1, 0.15) is 0 Å². The fourth-order valence-electron chi connectivity index (χ4n) is 3.87. The highest BCUT2D eigenvalue weighted by Crippen LogP contribution is 2.35. The Bertz CT molecular complexity index is 1240. The first-order chi connectivity index (χ1) is 13.7. The number of benzene rings is 4. The summed E-state index contributed by atoms with van der Waals surface area (Å²) >= 11 is 0. The van der Waals surface area contributed by atoms with Crippen molar-refractivity contribution >= 4 is 11.6 Å². The van der Waals surface area contributed by atoms with E-state index < -0.39 is 0 Å². The lowest BCUT2D eigenvalue weighted by atomic mass is 9.82. The second kappa shape index (κ2) is 6.43. The largest absolute Gasteiger partial charge is 0.289 e. The van der Waals surface area contributed by atoms with E-state index in [1.54, 1.807) is 30.3 Å². The maximum absolute atomic E-state index is 13.0. The van der Waals surface area contributed by atoms with E-state index in [0.29, 0.717) is 22.3 Å². The predicted octanol–water partition coefficient (Wildman–Crippen LogP) is 5.80. The second-order valence-electron chi connectivity index (χ2n) is 6.88. The molecule has 0 radical (unpaired) electrons. The van der Waals surface area contributed by atoms with E-state index in [2.05, 4.69) is 18.2 Å². The lowest BCUT2D eigenvalue weighted by Gasteiger charge is -2.19. The Kier molecular flexibility index (Phi) is 3.77. The molecule has 2 heteroatoms. The van der Waals surface area contributed by atoms with Gasteiger partial charge in [-0.1, -0.05) is 84.9 Å². The third-order valence-electron chi connectivity index (χ3n) is 5.25. The zero-order valence-corrected chi connectivity index (χ0v) is 15.1. The Morgan fingerprint density at radius 2 is 0.821 bits per heavy atom. The predicted molar refractivity (Wildman–Crippen MR) is 111 cm³/mol. The third-order valence-corrected chi connectivity index (χ3v) is 5.25. The van der Waals surface area contributed by atoms with E-state index in [0.717, 1.165) is 22.3 Å². The van der Waals surface area contributed by atoms with Crippen LogP contribution in [0.2, 0.25) is 0 Å². The highest BCUT2D eigenvalue weighted by atomic mass is 16.1. The van der Waals surface area contributed by atoms with Crippen LogP contribution in [-0.2, 0) is 0 Å². The molecule has 0 saturated heterocycles. The van der Waals surface area contributed by atoms with Crippen molar-refractivity contribution in [3.8, 4) is 22.3 Å². The normalized spacial score (nSPS) is 12.4. The molecular formula is C26H16O2. The van der Waals surface area contributed by atoms with Gasteiger partial charge in [-0.3, -0.25) is 9.59 Å². The molecule has 28 heavy (non-hydrogen) atoms. The van der Waals surface area contributed by atoms with Gasteiger partial charge in [0.25, 0.3) is 0 Å². The SMILES string of the molecule is O=C1c2ccccc2C(=O)c2cc(-c3ccccc3-c3ccccc3)ccc21. The summed E-state index contributed by atoms with van der Waals surface area (Å²) in [5.41, 5.74) is 6.09. The van der Waals surface area contributed by atoms with Gasteiger partial charge in [-0.2, -0.15) is 0 Å². The monoisotopic (exact) mass is 360 g/mol. The first kappa shape index (κ1) is 16.4. The summed E-state index contributed by atoms with van der Waals surface area (Å²) in [5, 5.41) is 0. The standard InChI is InChI=1S/C26H16O2/c27-25-21-12-6-7-13-22(21)26(28)24-16-18(14-15-23(24)25)20-11-5-4-10-19(20)17-8-2-1-3-9-17/h1-16H. The number of carbonyl (C=O) groups excluding carboxylic acids is 2. The van der Waals surface area contributed by atoms with Crippen LogP contribution in [0.1, 0.15) is 31.8 Å². The average molecular weight is 360 g/mol. The Hall–Kier alpha value is -3.78. The quantitative estimate of drug-likeness (QED) is 0.399. The summed E-state index contributed by atoms with van der Waals surface area (Å²) in [5.74, 6) is -0.183. The maximum Gasteiger partial charge on any atom is 0.194 e. The molecule has 0 bridgehead atoms. The van der Waals surface area contributed by atoms with E-state index in [-0.39, 0.29) is 11.6 Å². The molecule has 4 aromatic rings. The van der Waals surface area contributed by atoms with Crippen LogP contribution in [0.4, 0.5) is 0 Å². The minimum Gasteiger partial charge on any atom is -0.289 e. The number of hydrogen-bond acceptors (Lipinski definition) is 2. The highest BCUT2D eigenvalue weighted by molar-refractivity contribution is 6.28. The molecule has 2 nitrogen and oxygen atoms in total. The van der Waals surface area contributed by atoms with Crippen LogP contribution in [0.25, 0.3) is 22.3 Å². The van der Waals surface area contributed by atoms with Gasteiger partial charge >= 0.3 is 0 Å². The lowest BCUT2D eigenvalue weighted by Crippen LogP contribution is -2.20. The topological polar surface area (TPSA) is 34.1 Å². The fourth-order valence-corrected chi connectivity index (χ4v) is 3.87. The minimum absolute atomic E-state index is 0.0897. The molecule has 132 valence electrons.